The van der Waals surface area contributed by atoms with Crippen molar-refractivity contribution in [2.75, 3.05) is 6.54 Å². The van der Waals surface area contributed by atoms with Crippen LogP contribution in [-0.2, 0) is 0 Å². The number of carboxylic acids is 1. The number of benzene rings is 1. The van der Waals surface area contributed by atoms with Crippen molar-refractivity contribution in [3.05, 3.63) is 35.4 Å². The average molecular weight is 261 g/mol. The van der Waals surface area contributed by atoms with Gasteiger partial charge in [-0.1, -0.05) is 13.3 Å². The predicted molar refractivity (Wildman–Crippen MR) is 72.3 cm³/mol. The number of nitrogens with one attached hydrogen (secondary N) is 1. The van der Waals surface area contributed by atoms with E-state index in [1.165, 1.54) is 25.0 Å². The first-order chi connectivity index (χ1) is 9.06. The fourth-order valence-electron chi connectivity index (χ4n) is 2.36. The molecule has 1 aromatic rings. The van der Waals surface area contributed by atoms with Crippen molar-refractivity contribution < 1.29 is 14.7 Å². The van der Waals surface area contributed by atoms with E-state index in [4.69, 9.17) is 5.11 Å². The maximum atomic E-state index is 11.9. The molecule has 0 aromatic heterocycles. The van der Waals surface area contributed by atoms with Crippen molar-refractivity contribution in [2.24, 2.45) is 5.41 Å². The summed E-state index contributed by atoms with van der Waals surface area (Å²) in [6, 6.07) is 6.02. The molecular weight excluding hydrogens is 242 g/mol. The van der Waals surface area contributed by atoms with Gasteiger partial charge in [0, 0.05) is 12.1 Å². The van der Waals surface area contributed by atoms with E-state index in [-0.39, 0.29) is 11.5 Å². The van der Waals surface area contributed by atoms with Crippen molar-refractivity contribution in [3.8, 4) is 0 Å². The monoisotopic (exact) mass is 261 g/mol. The van der Waals surface area contributed by atoms with Crippen LogP contribution in [0, 0.1) is 5.41 Å². The zero-order valence-electron chi connectivity index (χ0n) is 11.1. The Labute approximate surface area is 112 Å². The maximum absolute atomic E-state index is 11.9. The highest BCUT2D eigenvalue weighted by atomic mass is 16.4. The molecular formula is C15H19NO3. The van der Waals surface area contributed by atoms with E-state index in [0.717, 1.165) is 19.4 Å². The quantitative estimate of drug-likeness (QED) is 0.827. The second-order valence-corrected chi connectivity index (χ2v) is 5.32. The summed E-state index contributed by atoms with van der Waals surface area (Å²) in [4.78, 5) is 22.7. The predicted octanol–water partition coefficient (Wildman–Crippen LogP) is 2.69. The number of amides is 1. The van der Waals surface area contributed by atoms with Gasteiger partial charge >= 0.3 is 5.97 Å². The van der Waals surface area contributed by atoms with Gasteiger partial charge in [-0.2, -0.15) is 0 Å². The van der Waals surface area contributed by atoms with E-state index >= 15 is 0 Å². The summed E-state index contributed by atoms with van der Waals surface area (Å²) in [5, 5.41) is 11.7. The van der Waals surface area contributed by atoms with Crippen molar-refractivity contribution in [2.45, 2.75) is 32.6 Å². The number of carboxylic acid groups (broad SMARTS) is 1. The van der Waals surface area contributed by atoms with Gasteiger partial charge in [0.1, 0.15) is 0 Å². The summed E-state index contributed by atoms with van der Waals surface area (Å²) in [5.41, 5.74) is 1.03. The lowest BCUT2D eigenvalue weighted by atomic mass is 10.0. The fraction of sp³-hybridized carbons (Fsp3) is 0.467. The largest absolute Gasteiger partial charge is 0.478 e. The first-order valence-electron chi connectivity index (χ1n) is 6.68. The van der Waals surface area contributed by atoms with Crippen molar-refractivity contribution in [1.29, 1.82) is 0 Å². The fourth-order valence-corrected chi connectivity index (χ4v) is 2.36. The normalized spacial score (nSPS) is 15.8. The second-order valence-electron chi connectivity index (χ2n) is 5.32. The smallest absolute Gasteiger partial charge is 0.335 e. The maximum Gasteiger partial charge on any atom is 0.335 e. The minimum atomic E-state index is -0.980. The van der Waals surface area contributed by atoms with Gasteiger partial charge in [-0.25, -0.2) is 4.79 Å². The highest BCUT2D eigenvalue weighted by Gasteiger charge is 2.41. The van der Waals surface area contributed by atoms with Crippen molar-refractivity contribution in [1.82, 2.24) is 5.32 Å². The molecule has 1 aliphatic carbocycles. The summed E-state index contributed by atoms with van der Waals surface area (Å²) in [7, 11) is 0. The first-order valence-corrected chi connectivity index (χ1v) is 6.68. The molecule has 0 heterocycles. The summed E-state index contributed by atoms with van der Waals surface area (Å²) < 4.78 is 0. The number of carbonyl (C=O) groups is 2. The number of carbonyl (C=O) groups excluding carboxylic acids is 1. The van der Waals surface area contributed by atoms with Gasteiger partial charge in [0.05, 0.1) is 5.56 Å². The molecule has 2 N–H and O–H groups in total. The van der Waals surface area contributed by atoms with Crippen molar-refractivity contribution in [3.63, 3.8) is 0 Å². The number of rotatable bonds is 6. The lowest BCUT2D eigenvalue weighted by Gasteiger charge is -2.14. The number of hydrogen-bond acceptors (Lipinski definition) is 2. The molecule has 1 aliphatic rings. The van der Waals surface area contributed by atoms with E-state index in [1.54, 1.807) is 12.1 Å². The molecule has 0 spiro atoms. The third-order valence-electron chi connectivity index (χ3n) is 3.76. The van der Waals surface area contributed by atoms with Crippen LogP contribution in [0.5, 0.6) is 0 Å². The van der Waals surface area contributed by atoms with E-state index in [2.05, 4.69) is 12.2 Å². The molecule has 4 nitrogen and oxygen atoms in total. The van der Waals surface area contributed by atoms with Gasteiger partial charge in [0.25, 0.3) is 5.91 Å². The Morgan fingerprint density at radius 3 is 2.26 bits per heavy atom. The lowest BCUT2D eigenvalue weighted by Crippen LogP contribution is -2.30. The molecule has 0 radical (unpaired) electrons. The highest BCUT2D eigenvalue weighted by molar-refractivity contribution is 5.95. The Kier molecular flexibility index (Phi) is 3.88. The molecule has 0 aliphatic heterocycles. The molecule has 102 valence electrons. The van der Waals surface area contributed by atoms with Crippen LogP contribution in [0.4, 0.5) is 0 Å². The molecule has 0 unspecified atom stereocenters. The van der Waals surface area contributed by atoms with Gasteiger partial charge in [-0.15, -0.1) is 0 Å². The van der Waals surface area contributed by atoms with Crippen LogP contribution in [0.15, 0.2) is 24.3 Å². The van der Waals surface area contributed by atoms with Crippen LogP contribution in [0.2, 0.25) is 0 Å². The summed E-state index contributed by atoms with van der Waals surface area (Å²) in [6.45, 7) is 2.88. The zero-order chi connectivity index (χ0) is 13.9. The van der Waals surface area contributed by atoms with Crippen LogP contribution >= 0.6 is 0 Å². The van der Waals surface area contributed by atoms with Crippen LogP contribution in [0.1, 0.15) is 53.3 Å². The molecule has 0 saturated heterocycles. The van der Waals surface area contributed by atoms with Gasteiger partial charge in [-0.05, 0) is 48.9 Å². The number of aromatic carboxylic acids is 1. The summed E-state index contributed by atoms with van der Waals surface area (Å²) in [5.74, 6) is -1.11. The minimum Gasteiger partial charge on any atom is -0.478 e. The molecule has 19 heavy (non-hydrogen) atoms. The Morgan fingerprint density at radius 1 is 1.21 bits per heavy atom. The molecule has 1 saturated carbocycles. The first kappa shape index (κ1) is 13.6. The standard InChI is InChI=1S/C15H19NO3/c1-2-7-15(8-9-15)10-16-13(17)11-3-5-12(6-4-11)14(18)19/h3-6H,2,7-10H2,1H3,(H,16,17)(H,18,19). The summed E-state index contributed by atoms with van der Waals surface area (Å²) >= 11 is 0. The SMILES string of the molecule is CCCC1(CNC(=O)c2ccc(C(=O)O)cc2)CC1. The Bertz CT molecular complexity index is 475. The lowest BCUT2D eigenvalue weighted by molar-refractivity contribution is 0.0696. The molecule has 0 atom stereocenters. The van der Waals surface area contributed by atoms with E-state index in [0.29, 0.717) is 11.0 Å². The van der Waals surface area contributed by atoms with Gasteiger partial charge in [0.2, 0.25) is 0 Å². The molecule has 4 heteroatoms. The molecule has 1 aromatic carbocycles. The van der Waals surface area contributed by atoms with E-state index in [1.807, 2.05) is 0 Å². The zero-order valence-corrected chi connectivity index (χ0v) is 11.1. The molecule has 1 amide bonds. The van der Waals surface area contributed by atoms with E-state index < -0.39 is 5.97 Å². The topological polar surface area (TPSA) is 66.4 Å². The minimum absolute atomic E-state index is 0.126. The summed E-state index contributed by atoms with van der Waals surface area (Å²) in [6.07, 6.45) is 4.69. The average Bonchev–Trinajstić information content (AvgIpc) is 3.17. The van der Waals surface area contributed by atoms with Crippen LogP contribution in [0.3, 0.4) is 0 Å². The Morgan fingerprint density at radius 2 is 1.79 bits per heavy atom. The van der Waals surface area contributed by atoms with Gasteiger partial charge in [0.15, 0.2) is 0 Å². The molecule has 1 fully saturated rings. The van der Waals surface area contributed by atoms with Crippen LogP contribution < -0.4 is 5.32 Å². The molecule has 0 bridgehead atoms. The van der Waals surface area contributed by atoms with Gasteiger partial charge in [-0.3, -0.25) is 4.79 Å². The highest BCUT2D eigenvalue weighted by Crippen LogP contribution is 2.48. The molecule has 2 rings (SSSR count). The number of hydrogen-bond donors (Lipinski definition) is 2. The second kappa shape index (κ2) is 5.43. The van der Waals surface area contributed by atoms with Gasteiger partial charge < -0.3 is 10.4 Å². The Balaban J connectivity index is 1.91. The third kappa shape index (κ3) is 3.34. The Hall–Kier alpha value is -1.84. The van der Waals surface area contributed by atoms with Crippen LogP contribution in [-0.4, -0.2) is 23.5 Å². The van der Waals surface area contributed by atoms with Crippen molar-refractivity contribution >= 4 is 11.9 Å². The van der Waals surface area contributed by atoms with Crippen LogP contribution in [0.25, 0.3) is 0 Å². The van der Waals surface area contributed by atoms with E-state index in [9.17, 15) is 9.59 Å². The third-order valence-corrected chi connectivity index (χ3v) is 3.76.